The van der Waals surface area contributed by atoms with Crippen molar-refractivity contribution in [3.05, 3.63) is 0 Å². The summed E-state index contributed by atoms with van der Waals surface area (Å²) in [7, 11) is 0. The van der Waals surface area contributed by atoms with Crippen LogP contribution < -0.4 is 5.32 Å². The van der Waals surface area contributed by atoms with Gasteiger partial charge in [0.1, 0.15) is 0 Å². The van der Waals surface area contributed by atoms with Gasteiger partial charge in [0.05, 0.1) is 11.8 Å². The van der Waals surface area contributed by atoms with E-state index in [9.17, 15) is 9.59 Å². The van der Waals surface area contributed by atoms with Crippen LogP contribution in [-0.4, -0.2) is 35.8 Å². The molecule has 0 bridgehead atoms. The van der Waals surface area contributed by atoms with Crippen molar-refractivity contribution in [1.29, 1.82) is 0 Å². The number of hydrogen-bond donors (Lipinski definition) is 1. The summed E-state index contributed by atoms with van der Waals surface area (Å²) in [5.41, 5.74) is 0. The van der Waals surface area contributed by atoms with Crippen LogP contribution in [0.5, 0.6) is 0 Å². The first-order valence-corrected chi connectivity index (χ1v) is 7.36. The van der Waals surface area contributed by atoms with E-state index in [0.717, 1.165) is 38.6 Å². The van der Waals surface area contributed by atoms with Crippen LogP contribution in [-0.2, 0) is 9.59 Å². The van der Waals surface area contributed by atoms with Crippen molar-refractivity contribution in [3.63, 3.8) is 0 Å². The Labute approximate surface area is 108 Å². The second kappa shape index (κ2) is 5.00. The molecule has 2 heterocycles. The molecule has 18 heavy (non-hydrogen) atoms. The van der Waals surface area contributed by atoms with Gasteiger partial charge in [-0.05, 0) is 32.2 Å². The van der Waals surface area contributed by atoms with E-state index in [1.54, 1.807) is 4.90 Å². The Morgan fingerprint density at radius 3 is 2.11 bits per heavy atom. The van der Waals surface area contributed by atoms with Gasteiger partial charge < -0.3 is 5.32 Å². The van der Waals surface area contributed by atoms with Gasteiger partial charge in [-0.3, -0.25) is 14.5 Å². The molecule has 2 saturated heterocycles. The average molecular weight is 250 g/mol. The third kappa shape index (κ3) is 2.07. The van der Waals surface area contributed by atoms with Crippen LogP contribution in [0.15, 0.2) is 0 Å². The van der Waals surface area contributed by atoms with Gasteiger partial charge in [-0.1, -0.05) is 19.3 Å². The van der Waals surface area contributed by atoms with Crippen molar-refractivity contribution in [2.24, 2.45) is 11.8 Å². The lowest BCUT2D eigenvalue weighted by Gasteiger charge is -2.27. The summed E-state index contributed by atoms with van der Waals surface area (Å²) in [4.78, 5) is 26.2. The zero-order valence-electron chi connectivity index (χ0n) is 10.9. The molecule has 3 unspecified atom stereocenters. The van der Waals surface area contributed by atoms with Gasteiger partial charge in [0.25, 0.3) is 0 Å². The summed E-state index contributed by atoms with van der Waals surface area (Å²) in [5.74, 6) is 0.235. The standard InChI is InChI=1S/C14H22N2O2/c17-13-11-6-1-2-7-12(11)14(18)16(13)9-10-5-3-4-8-15-10/h10-12,15H,1-9H2. The summed E-state index contributed by atoms with van der Waals surface area (Å²) in [6.45, 7) is 1.62. The number of nitrogens with zero attached hydrogens (tertiary/aromatic N) is 1. The van der Waals surface area contributed by atoms with Gasteiger partial charge in [-0.2, -0.15) is 0 Å². The molecule has 3 atom stereocenters. The predicted octanol–water partition coefficient (Wildman–Crippen LogP) is 1.30. The molecular weight excluding hydrogens is 228 g/mol. The molecule has 0 aromatic heterocycles. The molecule has 4 heteroatoms. The Balaban J connectivity index is 1.68. The quantitative estimate of drug-likeness (QED) is 0.752. The third-order valence-electron chi connectivity index (χ3n) is 4.75. The molecule has 3 rings (SSSR count). The van der Waals surface area contributed by atoms with Gasteiger partial charge in [0, 0.05) is 12.6 Å². The first kappa shape index (κ1) is 12.2. The summed E-state index contributed by atoms with van der Waals surface area (Å²) in [6.07, 6.45) is 7.57. The minimum atomic E-state index is 0.00911. The molecule has 0 spiro atoms. The molecule has 100 valence electrons. The SMILES string of the molecule is O=C1C2CCCCC2C(=O)N1CC1CCCCN1. The second-order valence-corrected chi connectivity index (χ2v) is 5.93. The smallest absolute Gasteiger partial charge is 0.233 e. The molecule has 2 aliphatic heterocycles. The van der Waals surface area contributed by atoms with Crippen molar-refractivity contribution in [2.45, 2.75) is 51.0 Å². The maximum Gasteiger partial charge on any atom is 0.233 e. The normalized spacial score (nSPS) is 36.9. The fraction of sp³-hybridized carbons (Fsp3) is 0.857. The fourth-order valence-corrected chi connectivity index (χ4v) is 3.71. The van der Waals surface area contributed by atoms with Crippen molar-refractivity contribution in [2.75, 3.05) is 13.1 Å². The molecule has 0 radical (unpaired) electrons. The monoisotopic (exact) mass is 250 g/mol. The molecule has 0 aromatic carbocycles. The third-order valence-corrected chi connectivity index (χ3v) is 4.75. The highest BCUT2D eigenvalue weighted by molar-refractivity contribution is 6.05. The largest absolute Gasteiger partial charge is 0.312 e. The lowest BCUT2D eigenvalue weighted by molar-refractivity contribution is -0.140. The minimum Gasteiger partial charge on any atom is -0.312 e. The molecule has 4 nitrogen and oxygen atoms in total. The Kier molecular flexibility index (Phi) is 3.37. The van der Waals surface area contributed by atoms with E-state index in [1.165, 1.54) is 12.8 Å². The van der Waals surface area contributed by atoms with Crippen LogP contribution in [0.3, 0.4) is 0 Å². The highest BCUT2D eigenvalue weighted by Crippen LogP contribution is 2.38. The Morgan fingerprint density at radius 1 is 0.944 bits per heavy atom. The number of fused-ring (bicyclic) bond motifs is 1. The van der Waals surface area contributed by atoms with Gasteiger partial charge in [-0.15, -0.1) is 0 Å². The number of piperidine rings is 1. The van der Waals surface area contributed by atoms with E-state index < -0.39 is 0 Å². The van der Waals surface area contributed by atoms with E-state index in [0.29, 0.717) is 12.6 Å². The molecular formula is C14H22N2O2. The van der Waals surface area contributed by atoms with Crippen LogP contribution in [0.4, 0.5) is 0 Å². The minimum absolute atomic E-state index is 0.00911. The second-order valence-electron chi connectivity index (χ2n) is 5.93. The predicted molar refractivity (Wildman–Crippen MR) is 67.8 cm³/mol. The number of carbonyl (C=O) groups excluding carboxylic acids is 2. The Hall–Kier alpha value is -0.900. The Morgan fingerprint density at radius 2 is 1.56 bits per heavy atom. The maximum atomic E-state index is 12.3. The van der Waals surface area contributed by atoms with E-state index in [4.69, 9.17) is 0 Å². The van der Waals surface area contributed by atoms with Crippen LogP contribution in [0.2, 0.25) is 0 Å². The van der Waals surface area contributed by atoms with Gasteiger partial charge in [0.15, 0.2) is 0 Å². The Bertz CT molecular complexity index is 326. The molecule has 3 fully saturated rings. The van der Waals surface area contributed by atoms with E-state index in [-0.39, 0.29) is 23.7 Å². The highest BCUT2D eigenvalue weighted by Gasteiger charge is 2.48. The summed E-state index contributed by atoms with van der Waals surface area (Å²) in [6, 6.07) is 0.326. The molecule has 3 aliphatic rings. The number of hydrogen-bond acceptors (Lipinski definition) is 3. The van der Waals surface area contributed by atoms with Crippen LogP contribution in [0.25, 0.3) is 0 Å². The first-order chi connectivity index (χ1) is 8.77. The number of rotatable bonds is 2. The van der Waals surface area contributed by atoms with Crippen molar-refractivity contribution < 1.29 is 9.59 Å². The number of nitrogens with one attached hydrogen (secondary N) is 1. The van der Waals surface area contributed by atoms with Gasteiger partial charge in [-0.25, -0.2) is 0 Å². The zero-order chi connectivity index (χ0) is 12.5. The number of imide groups is 1. The molecule has 2 amide bonds. The summed E-state index contributed by atoms with van der Waals surface area (Å²) < 4.78 is 0. The van der Waals surface area contributed by atoms with Crippen LogP contribution >= 0.6 is 0 Å². The summed E-state index contributed by atoms with van der Waals surface area (Å²) in [5, 5.41) is 3.42. The number of likely N-dealkylation sites (tertiary alicyclic amines) is 1. The molecule has 0 aromatic rings. The lowest BCUT2D eigenvalue weighted by atomic mass is 9.81. The average Bonchev–Trinajstić information content (AvgIpc) is 2.66. The van der Waals surface area contributed by atoms with Crippen LogP contribution in [0.1, 0.15) is 44.9 Å². The number of amides is 2. The van der Waals surface area contributed by atoms with Crippen molar-refractivity contribution in [3.8, 4) is 0 Å². The lowest BCUT2D eigenvalue weighted by Crippen LogP contribution is -2.46. The number of carbonyl (C=O) groups is 2. The van der Waals surface area contributed by atoms with E-state index >= 15 is 0 Å². The summed E-state index contributed by atoms with van der Waals surface area (Å²) >= 11 is 0. The van der Waals surface area contributed by atoms with E-state index in [2.05, 4.69) is 5.32 Å². The van der Waals surface area contributed by atoms with Crippen molar-refractivity contribution in [1.82, 2.24) is 10.2 Å². The fourth-order valence-electron chi connectivity index (χ4n) is 3.71. The molecule has 1 aliphatic carbocycles. The van der Waals surface area contributed by atoms with Crippen LogP contribution in [0, 0.1) is 11.8 Å². The van der Waals surface area contributed by atoms with Crippen molar-refractivity contribution >= 4 is 11.8 Å². The van der Waals surface area contributed by atoms with Gasteiger partial charge >= 0.3 is 0 Å². The topological polar surface area (TPSA) is 49.4 Å². The zero-order valence-corrected chi connectivity index (χ0v) is 10.9. The molecule has 1 saturated carbocycles. The maximum absolute atomic E-state index is 12.3. The molecule has 1 N–H and O–H groups in total. The van der Waals surface area contributed by atoms with E-state index in [1.807, 2.05) is 0 Å². The first-order valence-electron chi connectivity index (χ1n) is 7.36. The van der Waals surface area contributed by atoms with Gasteiger partial charge in [0.2, 0.25) is 11.8 Å². The highest BCUT2D eigenvalue weighted by atomic mass is 16.2.